The second-order valence-electron chi connectivity index (χ2n) is 13.6. The minimum atomic E-state index is -0.0456. The van der Waals surface area contributed by atoms with E-state index in [1.54, 1.807) is 0 Å². The quantitative estimate of drug-likeness (QED) is 0.170. The van der Waals surface area contributed by atoms with Crippen molar-refractivity contribution in [2.45, 2.75) is 0 Å². The van der Waals surface area contributed by atoms with Crippen molar-refractivity contribution in [1.82, 2.24) is 4.57 Å². The summed E-state index contributed by atoms with van der Waals surface area (Å²) < 4.78 is 9.30. The number of hydrogen-bond donors (Lipinski definition) is 0. The molecule has 0 aliphatic carbocycles. The Morgan fingerprint density at radius 1 is 0.373 bits per heavy atom. The molecule has 0 radical (unpaired) electrons. The fraction of sp³-hybridized carbons (Fsp3) is 0. The largest absolute Gasteiger partial charge is 0.458 e. The van der Waals surface area contributed by atoms with Gasteiger partial charge < -0.3 is 9.30 Å². The molecule has 0 N–H and O–H groups in total. The van der Waals surface area contributed by atoms with E-state index in [9.17, 15) is 0 Å². The molecule has 51 heavy (non-hydrogen) atoms. The molecule has 0 unspecified atom stereocenters. The number of benzene rings is 8. The number of hydrogen-bond acceptors (Lipinski definition) is 1. The third-order valence-corrected chi connectivity index (χ3v) is 10.9. The summed E-state index contributed by atoms with van der Waals surface area (Å²) in [5.41, 5.74) is 17.0. The number of ether oxygens (including phenoxy) is 1. The Bertz CT molecular complexity index is 2810. The molecular formula is C48H30BNO. The average molecular weight is 648 g/mol. The summed E-state index contributed by atoms with van der Waals surface area (Å²) in [4.78, 5) is 0. The van der Waals surface area contributed by atoms with Crippen LogP contribution in [0.25, 0.3) is 72.0 Å². The summed E-state index contributed by atoms with van der Waals surface area (Å²) in [5, 5.41) is 2.52. The van der Waals surface area contributed by atoms with Crippen LogP contribution in [0.5, 0.6) is 11.5 Å². The van der Waals surface area contributed by atoms with Gasteiger partial charge in [0.2, 0.25) is 0 Å². The molecule has 3 heterocycles. The van der Waals surface area contributed by atoms with Crippen molar-refractivity contribution < 1.29 is 4.74 Å². The van der Waals surface area contributed by atoms with Crippen molar-refractivity contribution in [2.75, 3.05) is 0 Å². The molecule has 0 saturated carbocycles. The number of aromatic nitrogens is 1. The molecule has 0 saturated heterocycles. The van der Waals surface area contributed by atoms with Gasteiger partial charge in [-0.1, -0.05) is 157 Å². The highest BCUT2D eigenvalue weighted by molar-refractivity contribution is 6.98. The van der Waals surface area contributed by atoms with Crippen molar-refractivity contribution >= 4 is 44.9 Å². The van der Waals surface area contributed by atoms with Gasteiger partial charge in [0.25, 0.3) is 6.71 Å². The highest BCUT2D eigenvalue weighted by Crippen LogP contribution is 2.42. The van der Waals surface area contributed by atoms with Gasteiger partial charge in [-0.15, -0.1) is 0 Å². The minimum Gasteiger partial charge on any atom is -0.458 e. The van der Waals surface area contributed by atoms with Crippen molar-refractivity contribution in [3.05, 3.63) is 182 Å². The second kappa shape index (κ2) is 11.0. The van der Waals surface area contributed by atoms with Gasteiger partial charge in [-0.2, -0.15) is 0 Å². The number of fused-ring (bicyclic) bond motifs is 12. The first kappa shape index (κ1) is 28.3. The number of nitrogens with zero attached hydrogens (tertiary/aromatic N) is 1. The zero-order valence-corrected chi connectivity index (χ0v) is 27.8. The molecule has 0 amide bonds. The van der Waals surface area contributed by atoms with Crippen LogP contribution in [-0.2, 0) is 0 Å². The van der Waals surface area contributed by atoms with Crippen molar-refractivity contribution in [2.24, 2.45) is 0 Å². The van der Waals surface area contributed by atoms with E-state index < -0.39 is 0 Å². The maximum atomic E-state index is 6.87. The first-order valence-corrected chi connectivity index (χ1v) is 17.6. The van der Waals surface area contributed by atoms with Crippen LogP contribution < -0.4 is 21.1 Å². The summed E-state index contributed by atoms with van der Waals surface area (Å²) in [6.45, 7) is -0.0456. The Labute approximate surface area is 296 Å². The summed E-state index contributed by atoms with van der Waals surface area (Å²) >= 11 is 0. The van der Waals surface area contributed by atoms with E-state index in [-0.39, 0.29) is 6.71 Å². The van der Waals surface area contributed by atoms with Crippen LogP contribution >= 0.6 is 0 Å². The van der Waals surface area contributed by atoms with E-state index in [0.717, 1.165) is 22.7 Å². The van der Waals surface area contributed by atoms with Gasteiger partial charge in [0, 0.05) is 16.3 Å². The van der Waals surface area contributed by atoms with Crippen LogP contribution in [0.2, 0.25) is 0 Å². The van der Waals surface area contributed by atoms with Crippen LogP contribution in [-0.4, -0.2) is 11.3 Å². The smallest absolute Gasteiger partial charge is 0.252 e. The summed E-state index contributed by atoms with van der Waals surface area (Å²) in [7, 11) is 0. The monoisotopic (exact) mass is 647 g/mol. The molecule has 11 rings (SSSR count). The molecule has 0 fully saturated rings. The normalized spacial score (nSPS) is 12.4. The SMILES string of the molecule is c1ccc2c(c1)B1c3cc(-c4ccccc4-n4c5ccccc5c5ccccc54)ccc3Oc3cccc(c31)-c1ccccc1-c1ccccc1-2. The maximum absolute atomic E-state index is 6.87. The summed E-state index contributed by atoms with van der Waals surface area (Å²) in [6.07, 6.45) is 0. The van der Waals surface area contributed by atoms with Crippen LogP contribution in [0.4, 0.5) is 0 Å². The molecule has 2 nitrogen and oxygen atoms in total. The Morgan fingerprint density at radius 3 is 1.61 bits per heavy atom. The molecule has 0 atom stereocenters. The zero-order valence-electron chi connectivity index (χ0n) is 27.8. The van der Waals surface area contributed by atoms with Gasteiger partial charge in [0.05, 0.1) is 16.7 Å². The molecule has 2 aliphatic rings. The Balaban J connectivity index is 1.19. The molecule has 1 aromatic heterocycles. The fourth-order valence-electron chi connectivity index (χ4n) is 8.79. The zero-order chi connectivity index (χ0) is 33.5. The maximum Gasteiger partial charge on any atom is 0.252 e. The van der Waals surface area contributed by atoms with Gasteiger partial charge in [-0.05, 0) is 80.2 Å². The van der Waals surface area contributed by atoms with Gasteiger partial charge in [-0.25, -0.2) is 0 Å². The molecule has 0 spiro atoms. The summed E-state index contributed by atoms with van der Waals surface area (Å²) in [5.74, 6) is 1.82. The lowest BCUT2D eigenvalue weighted by atomic mass is 9.34. The van der Waals surface area contributed by atoms with Crippen molar-refractivity contribution in [3.8, 4) is 61.7 Å². The van der Waals surface area contributed by atoms with Crippen LogP contribution in [0.15, 0.2) is 182 Å². The van der Waals surface area contributed by atoms with Crippen molar-refractivity contribution in [1.29, 1.82) is 0 Å². The van der Waals surface area contributed by atoms with E-state index in [1.807, 2.05) is 0 Å². The average Bonchev–Trinajstić information content (AvgIpc) is 3.55. The predicted octanol–water partition coefficient (Wildman–Crippen LogP) is 10.4. The second-order valence-corrected chi connectivity index (χ2v) is 13.6. The highest BCUT2D eigenvalue weighted by Gasteiger charge is 2.38. The standard InChI is InChI=1S/C48H30BNO/c1-3-17-35-33(15-1)34-16-2-4-18-36(34)40-22-13-27-47-48(40)49(41-23-9-5-19-37(35)41)42-30-31(28-29-46(42)51-47)32-14-6-10-24-43(32)50-44-25-11-7-20-38(44)39-21-8-12-26-45(39)50/h1-30H. The third-order valence-electron chi connectivity index (χ3n) is 10.9. The number of para-hydroxylation sites is 3. The Kier molecular flexibility index (Phi) is 6.08. The molecule has 3 heteroatoms. The van der Waals surface area contributed by atoms with Crippen LogP contribution in [0.3, 0.4) is 0 Å². The van der Waals surface area contributed by atoms with E-state index >= 15 is 0 Å². The Hall–Kier alpha value is -6.58. The predicted molar refractivity (Wildman–Crippen MR) is 214 cm³/mol. The fourth-order valence-corrected chi connectivity index (χ4v) is 8.79. The van der Waals surface area contributed by atoms with E-state index in [0.29, 0.717) is 0 Å². The molecule has 0 bridgehead atoms. The lowest BCUT2D eigenvalue weighted by molar-refractivity contribution is 0.488. The Morgan fingerprint density at radius 2 is 0.902 bits per heavy atom. The van der Waals surface area contributed by atoms with Crippen LogP contribution in [0, 0.1) is 0 Å². The molecule has 236 valence electrons. The highest BCUT2D eigenvalue weighted by atomic mass is 16.5. The lowest BCUT2D eigenvalue weighted by Crippen LogP contribution is -2.56. The molecular weight excluding hydrogens is 617 g/mol. The lowest BCUT2D eigenvalue weighted by Gasteiger charge is -2.30. The first-order valence-electron chi connectivity index (χ1n) is 17.6. The van der Waals surface area contributed by atoms with Crippen LogP contribution in [0.1, 0.15) is 0 Å². The van der Waals surface area contributed by atoms with Gasteiger partial charge in [0.1, 0.15) is 11.5 Å². The molecule has 8 aromatic carbocycles. The van der Waals surface area contributed by atoms with Gasteiger partial charge in [-0.3, -0.25) is 0 Å². The van der Waals surface area contributed by atoms with E-state index in [1.165, 1.54) is 77.1 Å². The first-order chi connectivity index (χ1) is 25.3. The van der Waals surface area contributed by atoms with E-state index in [2.05, 4.69) is 187 Å². The van der Waals surface area contributed by atoms with Crippen molar-refractivity contribution in [3.63, 3.8) is 0 Å². The topological polar surface area (TPSA) is 14.2 Å². The molecule has 9 aromatic rings. The van der Waals surface area contributed by atoms with Gasteiger partial charge >= 0.3 is 0 Å². The van der Waals surface area contributed by atoms with E-state index in [4.69, 9.17) is 4.74 Å². The minimum absolute atomic E-state index is 0.0456. The number of rotatable bonds is 2. The van der Waals surface area contributed by atoms with Gasteiger partial charge in [0.15, 0.2) is 0 Å². The third kappa shape index (κ3) is 4.12. The summed E-state index contributed by atoms with van der Waals surface area (Å²) in [6, 6.07) is 66.3. The molecule has 2 aliphatic heterocycles.